The van der Waals surface area contributed by atoms with Crippen LogP contribution in [0.5, 0.6) is 0 Å². The molecule has 7 unspecified atom stereocenters. The van der Waals surface area contributed by atoms with Gasteiger partial charge in [0, 0.05) is 70.9 Å². The van der Waals surface area contributed by atoms with Gasteiger partial charge in [-0.2, -0.15) is 0 Å². The third-order valence-electron chi connectivity index (χ3n) is 16.2. The quantitative estimate of drug-likeness (QED) is 0.0511. The van der Waals surface area contributed by atoms with E-state index < -0.39 is 89.9 Å². The van der Waals surface area contributed by atoms with Gasteiger partial charge >= 0.3 is 24.2 Å². The van der Waals surface area contributed by atoms with Crippen LogP contribution < -0.4 is 50.4 Å². The molecule has 0 aliphatic carbocycles. The molecule has 13 amide bonds. The van der Waals surface area contributed by atoms with Crippen LogP contribution >= 0.6 is 0 Å². The van der Waals surface area contributed by atoms with Gasteiger partial charge in [-0.15, -0.1) is 0 Å². The molecule has 32 nitrogen and oxygen atoms in total. The van der Waals surface area contributed by atoms with Crippen LogP contribution in [-0.2, 0) is 86.8 Å². The van der Waals surface area contributed by atoms with Gasteiger partial charge in [0.1, 0.15) is 50.0 Å². The van der Waals surface area contributed by atoms with Gasteiger partial charge in [-0.05, 0) is 48.8 Å². The average Bonchev–Trinajstić information content (AvgIpc) is 1.76. The van der Waals surface area contributed by atoms with Gasteiger partial charge in [0.15, 0.2) is 0 Å². The van der Waals surface area contributed by atoms with Crippen LogP contribution in [0, 0.1) is 5.92 Å². The Balaban J connectivity index is 0.000000262. The zero-order valence-corrected chi connectivity index (χ0v) is 55.2. The predicted molar refractivity (Wildman–Crippen MR) is 348 cm³/mol. The van der Waals surface area contributed by atoms with E-state index in [0.717, 1.165) is 16.7 Å². The number of carbonyl (C=O) groups excluding carboxylic acids is 13. The lowest BCUT2D eigenvalue weighted by molar-refractivity contribution is -0.141. The molecule has 5 aliphatic heterocycles. The third kappa shape index (κ3) is 25.0. The van der Waals surface area contributed by atoms with E-state index in [1.54, 1.807) is 27.7 Å². The summed E-state index contributed by atoms with van der Waals surface area (Å²) in [6.45, 7) is 10.7. The highest BCUT2D eigenvalue weighted by atomic mass is 16.6. The molecule has 0 bridgehead atoms. The molecule has 0 saturated carbocycles. The van der Waals surface area contributed by atoms with Crippen molar-refractivity contribution >= 4 is 83.3 Å². The molecule has 0 aromatic heterocycles. The number of carboxylic acid groups (broad SMARTS) is 1. The zero-order chi connectivity index (χ0) is 72.1. The highest BCUT2D eigenvalue weighted by Gasteiger charge is 2.42. The lowest BCUT2D eigenvalue weighted by Crippen LogP contribution is -2.46. The fourth-order valence-electron chi connectivity index (χ4n) is 11.3. The molecule has 5 saturated heterocycles. The van der Waals surface area contributed by atoms with Crippen LogP contribution in [0.4, 0.5) is 14.4 Å². The Kier molecular flexibility index (Phi) is 32.2. The molecule has 3 aromatic carbocycles. The Morgan fingerprint density at radius 1 is 0.392 bits per heavy atom. The molecule has 16 N–H and O–H groups in total. The van der Waals surface area contributed by atoms with Crippen molar-refractivity contribution in [2.45, 2.75) is 173 Å². The molecule has 5 heterocycles. The summed E-state index contributed by atoms with van der Waals surface area (Å²) in [7, 11) is 0. The number of aliphatic carboxylic acids is 1. The van der Waals surface area contributed by atoms with E-state index >= 15 is 0 Å². The van der Waals surface area contributed by atoms with Gasteiger partial charge in [0.25, 0.3) is 0 Å². The Hall–Kier alpha value is -10.4. The molecule has 0 radical (unpaired) electrons. The summed E-state index contributed by atoms with van der Waals surface area (Å²) in [4.78, 5) is 168. The fraction of sp³-hybridized carbons (Fsp3) is 0.508. The van der Waals surface area contributed by atoms with Crippen molar-refractivity contribution in [1.29, 1.82) is 0 Å². The predicted octanol–water partition coefficient (Wildman–Crippen LogP) is 0.326. The van der Waals surface area contributed by atoms with Gasteiger partial charge < -0.3 is 94.2 Å². The Labute approximate surface area is 562 Å². The molecular formula is C65H92N14O18. The number of hydrogen-bond donors (Lipinski definition) is 10. The van der Waals surface area contributed by atoms with Crippen molar-refractivity contribution in [2.24, 2.45) is 40.3 Å². The summed E-state index contributed by atoms with van der Waals surface area (Å²) in [5.41, 5.74) is 34.4. The van der Waals surface area contributed by atoms with Crippen molar-refractivity contribution in [2.75, 3.05) is 32.7 Å². The molecule has 10 atom stereocenters. The van der Waals surface area contributed by atoms with E-state index in [1.165, 1.54) is 24.5 Å². The van der Waals surface area contributed by atoms with Crippen LogP contribution in [0.25, 0.3) is 0 Å². The maximum Gasteiger partial charge on any atom is 0.407 e. The minimum atomic E-state index is -1.01. The number of nitrogens with zero attached hydrogens (tertiary/aromatic N) is 5. The number of nitrogens with two attached hydrogens (primary N) is 6. The summed E-state index contributed by atoms with van der Waals surface area (Å²) < 4.78 is 15.4. The Morgan fingerprint density at radius 3 is 0.845 bits per heavy atom. The number of nitrogens with one attached hydrogen (secondary N) is 3. The van der Waals surface area contributed by atoms with Crippen molar-refractivity contribution < 1.29 is 86.4 Å². The lowest BCUT2D eigenvalue weighted by Gasteiger charge is -2.24. The minimum absolute atomic E-state index is 0.0425. The van der Waals surface area contributed by atoms with E-state index in [2.05, 4.69) is 16.0 Å². The van der Waals surface area contributed by atoms with E-state index in [4.69, 9.17) is 53.7 Å². The second kappa shape index (κ2) is 39.5. The number of rotatable bonds is 25. The second-order valence-electron chi connectivity index (χ2n) is 23.4. The highest BCUT2D eigenvalue weighted by molar-refractivity contribution is 5.92. The molecule has 3 aromatic rings. The van der Waals surface area contributed by atoms with Crippen LogP contribution in [0.2, 0.25) is 0 Å². The van der Waals surface area contributed by atoms with E-state index in [0.29, 0.717) is 45.1 Å². The van der Waals surface area contributed by atoms with E-state index in [-0.39, 0.29) is 125 Å². The molecule has 5 fully saturated rings. The molecule has 0 spiro atoms. The fourth-order valence-corrected chi connectivity index (χ4v) is 11.3. The standard InChI is InChI=1S/3C16H21N3O4.C9H14N2O4.C8H15N3O2/c3*1-2-13(15(17)21)19-9-12(8-14(19)20)18-16(22)23-10-11-6-4-3-5-7-11;1-2-6(8(10)13)11-4-5(9(14)15)3-7(11)12;1-2-6(8(10)13)11-4-5(9)3-7(11)12/h3*3-7,12-13H,2,8-10H2,1H3,(H2,17,21)(H,18,22);5-6H,2-4H2,1H3,(H2,10,13)(H,14,15);5-6H,2-4,9H2,1H3,(H2,10,13)/t12?,13-;;;2*5?,6-/m0..00/s1. The van der Waals surface area contributed by atoms with Gasteiger partial charge in [0.05, 0.1) is 24.0 Å². The van der Waals surface area contributed by atoms with Crippen LogP contribution in [0.15, 0.2) is 91.0 Å². The Bertz CT molecular complexity index is 2960. The van der Waals surface area contributed by atoms with Crippen LogP contribution in [0.3, 0.4) is 0 Å². The van der Waals surface area contributed by atoms with Gasteiger partial charge in [0.2, 0.25) is 59.1 Å². The van der Waals surface area contributed by atoms with Crippen LogP contribution in [-0.4, -0.2) is 200 Å². The Morgan fingerprint density at radius 2 is 0.629 bits per heavy atom. The number of carboxylic acids is 1. The maximum atomic E-state index is 12.0. The summed E-state index contributed by atoms with van der Waals surface area (Å²) in [5, 5.41) is 16.7. The highest BCUT2D eigenvalue weighted by Crippen LogP contribution is 2.23. The number of ether oxygens (including phenoxy) is 3. The first-order chi connectivity index (χ1) is 46.0. The number of amides is 13. The number of hydrogen-bond acceptors (Lipinski definition) is 18. The molecule has 32 heteroatoms. The van der Waals surface area contributed by atoms with E-state index in [9.17, 15) is 67.1 Å². The van der Waals surface area contributed by atoms with Crippen molar-refractivity contribution in [3.8, 4) is 0 Å². The number of carbonyl (C=O) groups is 14. The number of benzene rings is 3. The normalized spacial score (nSPS) is 20.1. The summed E-state index contributed by atoms with van der Waals surface area (Å²) in [6.07, 6.45) is 1.27. The van der Waals surface area contributed by atoms with E-state index in [1.807, 2.05) is 97.9 Å². The van der Waals surface area contributed by atoms with Gasteiger partial charge in [-0.1, -0.05) is 126 Å². The summed E-state index contributed by atoms with van der Waals surface area (Å²) >= 11 is 0. The SMILES string of the molecule is CCC(C(N)=O)N1CC(NC(=O)OCc2ccccc2)CC1=O.CCC(C(N)=O)N1CC(NC(=O)OCc2ccccc2)CC1=O.CC[C@@H](C(N)=O)N1CC(C(=O)O)CC1=O.CC[C@@H](C(N)=O)N1CC(N)CC1=O.CC[C@@H](C(N)=O)N1CC(NC(=O)OCc2ccccc2)CC1=O. The summed E-state index contributed by atoms with van der Waals surface area (Å²) in [5.74, 6) is -5.32. The van der Waals surface area contributed by atoms with Gasteiger partial charge in [-0.3, -0.25) is 52.7 Å². The molecule has 530 valence electrons. The van der Waals surface area contributed by atoms with Crippen molar-refractivity contribution in [3.63, 3.8) is 0 Å². The molecule has 97 heavy (non-hydrogen) atoms. The number of alkyl carbamates (subject to hydrolysis) is 3. The molecular weight excluding hydrogens is 1260 g/mol. The second-order valence-corrected chi connectivity index (χ2v) is 23.4. The van der Waals surface area contributed by atoms with Crippen molar-refractivity contribution in [1.82, 2.24) is 40.4 Å². The first-order valence-electron chi connectivity index (χ1n) is 31.9. The topological polar surface area (TPSA) is 495 Å². The number of likely N-dealkylation sites (tertiary alicyclic amines) is 5. The lowest BCUT2D eigenvalue weighted by atomic mass is 10.1. The zero-order valence-electron chi connectivity index (χ0n) is 55.2. The monoisotopic (exact) mass is 1360 g/mol. The van der Waals surface area contributed by atoms with Gasteiger partial charge in [-0.25, -0.2) is 14.4 Å². The van der Waals surface area contributed by atoms with Crippen molar-refractivity contribution in [3.05, 3.63) is 108 Å². The first-order valence-corrected chi connectivity index (χ1v) is 31.9. The first kappa shape index (κ1) is 79.0. The minimum Gasteiger partial charge on any atom is -0.481 e. The number of primary amides is 5. The van der Waals surface area contributed by atoms with Crippen LogP contribution in [0.1, 0.15) is 116 Å². The average molecular weight is 1360 g/mol. The maximum absolute atomic E-state index is 12.0. The molecule has 8 rings (SSSR count). The smallest absolute Gasteiger partial charge is 0.407 e. The summed E-state index contributed by atoms with van der Waals surface area (Å²) in [6, 6.07) is 23.6. The third-order valence-corrected chi connectivity index (χ3v) is 16.2. The largest absolute Gasteiger partial charge is 0.481 e. The molecule has 5 aliphatic rings.